The summed E-state index contributed by atoms with van der Waals surface area (Å²) in [6.07, 6.45) is -1.02. The van der Waals surface area contributed by atoms with Crippen LogP contribution < -0.4 is 10.6 Å². The van der Waals surface area contributed by atoms with Gasteiger partial charge in [0.1, 0.15) is 10.9 Å². The zero-order valence-electron chi connectivity index (χ0n) is 29.2. The number of thioether (sulfide) groups is 1. The molecule has 3 amide bonds. The Morgan fingerprint density at radius 3 is 2.17 bits per heavy atom. The first-order chi connectivity index (χ1) is 21.4. The number of esters is 2. The Bertz CT molecular complexity index is 1110. The van der Waals surface area contributed by atoms with E-state index < -0.39 is 18.4 Å². The summed E-state index contributed by atoms with van der Waals surface area (Å²) in [6, 6.07) is 0. The molecule has 0 aromatic heterocycles. The molecule has 17 heteroatoms. The van der Waals surface area contributed by atoms with E-state index >= 15 is 0 Å². The number of thiocarbonyl (C=S) groups is 1. The number of nitrogens with zero attached hydrogens (tertiary/aromatic N) is 4. The van der Waals surface area contributed by atoms with Gasteiger partial charge in [-0.05, 0) is 20.1 Å². The standard InChI is InChI=1S/C30H52N6O8S2.Ga/c1-9-33(7)15-25(40)43-28-36(8,16-26(41)44-28)12-11-34(10-2)13-22(37)31-18-29(3,4)20-42-21-30(5,6)19-32-23(38)14-35-24(39)17-46-27(35)45;/h28H,9-21H2,1-8H3,(H-,31,32,37,38);/p+1/t28-,36?;/m0./s1. The van der Waals surface area contributed by atoms with Crippen LogP contribution in [0.5, 0.6) is 0 Å². The molecule has 0 spiro atoms. The molecular formula is C30H53GaN6O8S2+. The number of likely N-dealkylation sites (N-methyl/N-ethyl adjacent to an activating group) is 3. The quantitative estimate of drug-likeness (QED) is 0.0739. The van der Waals surface area contributed by atoms with E-state index in [0.717, 1.165) is 0 Å². The normalized spacial score (nSPS) is 20.0. The molecule has 265 valence electrons. The van der Waals surface area contributed by atoms with Crippen molar-refractivity contribution in [1.82, 2.24) is 25.3 Å². The number of quaternary nitrogens is 1. The van der Waals surface area contributed by atoms with Crippen molar-refractivity contribution in [2.75, 3.05) is 98.5 Å². The Labute approximate surface area is 301 Å². The van der Waals surface area contributed by atoms with E-state index in [-0.39, 0.29) is 84.8 Å². The predicted octanol–water partition coefficient (Wildman–Crippen LogP) is -0.129. The van der Waals surface area contributed by atoms with Gasteiger partial charge in [-0.15, -0.1) is 0 Å². The summed E-state index contributed by atoms with van der Waals surface area (Å²) in [5, 5.41) is 5.86. The van der Waals surface area contributed by atoms with Crippen LogP contribution in [0.2, 0.25) is 0 Å². The average molecular weight is 760 g/mol. The number of hydrogen-bond donors (Lipinski definition) is 2. The van der Waals surface area contributed by atoms with Crippen LogP contribution in [0.25, 0.3) is 0 Å². The van der Waals surface area contributed by atoms with E-state index in [0.29, 0.717) is 56.8 Å². The van der Waals surface area contributed by atoms with Gasteiger partial charge in [0.15, 0.2) is 6.54 Å². The van der Waals surface area contributed by atoms with Gasteiger partial charge in [0.25, 0.3) is 0 Å². The summed E-state index contributed by atoms with van der Waals surface area (Å²) in [6.45, 7) is 15.9. The van der Waals surface area contributed by atoms with Crippen molar-refractivity contribution in [3.8, 4) is 0 Å². The van der Waals surface area contributed by atoms with Crippen LogP contribution in [-0.4, -0.2) is 178 Å². The molecular weight excluding hydrogens is 706 g/mol. The smallest absolute Gasteiger partial charge is 0.380 e. The van der Waals surface area contributed by atoms with E-state index in [2.05, 4.69) is 10.6 Å². The maximum absolute atomic E-state index is 12.8. The third-order valence-electron chi connectivity index (χ3n) is 7.80. The summed E-state index contributed by atoms with van der Waals surface area (Å²) in [4.78, 5) is 66.6. The van der Waals surface area contributed by atoms with Crippen LogP contribution in [0.3, 0.4) is 0 Å². The molecule has 2 fully saturated rings. The molecule has 2 heterocycles. The van der Waals surface area contributed by atoms with Crippen LogP contribution in [0.4, 0.5) is 0 Å². The second-order valence-corrected chi connectivity index (χ2v) is 15.4. The molecule has 47 heavy (non-hydrogen) atoms. The molecule has 3 radical (unpaired) electrons. The molecule has 0 saturated carbocycles. The minimum absolute atomic E-state index is 0. The van der Waals surface area contributed by atoms with Crippen molar-refractivity contribution in [1.29, 1.82) is 0 Å². The summed E-state index contributed by atoms with van der Waals surface area (Å²) in [7, 11) is 3.61. The second-order valence-electron chi connectivity index (χ2n) is 13.8. The van der Waals surface area contributed by atoms with Crippen molar-refractivity contribution in [3.63, 3.8) is 0 Å². The SMILES string of the molecule is CCN(C)CC(=O)O[C@H]1OC(=O)C[N+]1(C)CCN(CC)CC(=O)NCC(C)(C)COCC(C)(C)CNC(=O)CN1C(=O)CSC1=S.[Ga]. The minimum Gasteiger partial charge on any atom is -0.380 e. The topological polar surface area (TPSA) is 147 Å². The molecule has 14 nitrogen and oxygen atoms in total. The monoisotopic (exact) mass is 758 g/mol. The Balaban J connectivity index is 0.0000110. The van der Waals surface area contributed by atoms with Crippen LogP contribution in [0.1, 0.15) is 41.5 Å². The molecule has 0 aromatic rings. The van der Waals surface area contributed by atoms with Crippen molar-refractivity contribution in [3.05, 3.63) is 0 Å². The zero-order valence-corrected chi connectivity index (χ0v) is 33.3. The largest absolute Gasteiger partial charge is 0.399 e. The minimum atomic E-state index is -1.02. The zero-order chi connectivity index (χ0) is 34.7. The molecule has 2 aliphatic heterocycles. The summed E-state index contributed by atoms with van der Waals surface area (Å²) in [5.41, 5.74) is -0.696. The molecule has 2 saturated heterocycles. The maximum atomic E-state index is 12.8. The van der Waals surface area contributed by atoms with Crippen LogP contribution in [0.15, 0.2) is 0 Å². The van der Waals surface area contributed by atoms with Gasteiger partial charge in [-0.2, -0.15) is 0 Å². The first-order valence-corrected chi connectivity index (χ1v) is 17.0. The number of carbonyl (C=O) groups is 5. The maximum Gasteiger partial charge on any atom is 0.399 e. The third-order valence-corrected chi connectivity index (χ3v) is 9.23. The molecule has 2 N–H and O–H groups in total. The molecule has 0 aliphatic carbocycles. The average Bonchev–Trinajstić information content (AvgIpc) is 3.43. The second kappa shape index (κ2) is 19.5. The summed E-state index contributed by atoms with van der Waals surface area (Å²) >= 11 is 6.39. The van der Waals surface area contributed by atoms with Crippen LogP contribution >= 0.6 is 24.0 Å². The number of cyclic esters (lactones) is 1. The summed E-state index contributed by atoms with van der Waals surface area (Å²) in [5.74, 6) is -1.17. The van der Waals surface area contributed by atoms with Crippen molar-refractivity contribution < 1.29 is 42.7 Å². The first-order valence-electron chi connectivity index (χ1n) is 15.6. The number of rotatable bonds is 20. The van der Waals surface area contributed by atoms with Crippen LogP contribution in [-0.2, 0) is 38.2 Å². The van der Waals surface area contributed by atoms with Crippen LogP contribution in [0, 0.1) is 10.8 Å². The van der Waals surface area contributed by atoms with Gasteiger partial charge in [0, 0.05) is 50.3 Å². The molecule has 2 atom stereocenters. The Hall–Kier alpha value is -1.73. The molecule has 2 rings (SSSR count). The van der Waals surface area contributed by atoms with Gasteiger partial charge in [-0.25, -0.2) is 9.28 Å². The van der Waals surface area contributed by atoms with E-state index in [1.54, 1.807) is 11.9 Å². The van der Waals surface area contributed by atoms with Gasteiger partial charge in [-0.1, -0.05) is 65.5 Å². The van der Waals surface area contributed by atoms with Crippen molar-refractivity contribution >= 4 is 77.8 Å². The number of nitrogens with one attached hydrogen (secondary N) is 2. The fourth-order valence-electron chi connectivity index (χ4n) is 4.56. The molecule has 0 aromatic carbocycles. The Morgan fingerprint density at radius 1 is 1.04 bits per heavy atom. The number of hydrogen-bond acceptors (Lipinski definition) is 12. The fourth-order valence-corrected chi connectivity index (χ4v) is 5.62. The van der Waals surface area contributed by atoms with E-state index in [1.807, 2.05) is 53.5 Å². The third kappa shape index (κ3) is 15.1. The van der Waals surface area contributed by atoms with Gasteiger partial charge in [-0.3, -0.25) is 33.9 Å². The van der Waals surface area contributed by atoms with Gasteiger partial charge in [0.05, 0.1) is 45.6 Å². The predicted molar refractivity (Wildman–Crippen MR) is 184 cm³/mol. The first kappa shape index (κ1) is 43.3. The number of carbonyl (C=O) groups excluding carboxylic acids is 5. The molecule has 0 bridgehead atoms. The van der Waals surface area contributed by atoms with Gasteiger partial charge >= 0.3 is 18.4 Å². The number of amides is 3. The molecule has 1 unspecified atom stereocenters. The number of ether oxygens (including phenoxy) is 3. The fraction of sp³-hybridized carbons (Fsp3) is 0.800. The molecule has 2 aliphatic rings. The van der Waals surface area contributed by atoms with Crippen molar-refractivity contribution in [2.45, 2.75) is 48.0 Å². The summed E-state index contributed by atoms with van der Waals surface area (Å²) < 4.78 is 17.3. The van der Waals surface area contributed by atoms with E-state index in [1.165, 1.54) is 16.7 Å². The van der Waals surface area contributed by atoms with Gasteiger partial charge in [0.2, 0.25) is 17.7 Å². The van der Waals surface area contributed by atoms with Crippen molar-refractivity contribution in [2.24, 2.45) is 10.8 Å². The van der Waals surface area contributed by atoms with Gasteiger partial charge < -0.3 is 24.8 Å². The van der Waals surface area contributed by atoms with E-state index in [4.69, 9.17) is 26.4 Å². The Kier molecular flexibility index (Phi) is 17.9. The Morgan fingerprint density at radius 2 is 1.64 bits per heavy atom. The van der Waals surface area contributed by atoms with E-state index in [9.17, 15) is 24.0 Å².